The van der Waals surface area contributed by atoms with E-state index in [0.29, 0.717) is 36.0 Å². The topological polar surface area (TPSA) is 29.1 Å². The second-order valence-corrected chi connectivity index (χ2v) is 7.12. The summed E-state index contributed by atoms with van der Waals surface area (Å²) in [6, 6.07) is 10.3. The van der Waals surface area contributed by atoms with Crippen LogP contribution in [0.15, 0.2) is 36.4 Å². The van der Waals surface area contributed by atoms with Gasteiger partial charge in [0.2, 0.25) is 0 Å². The molecular formula is C15H7Cl4NOS. The van der Waals surface area contributed by atoms with Crippen LogP contribution >= 0.6 is 57.7 Å². The average Bonchev–Trinajstić information content (AvgIpc) is 2.80. The summed E-state index contributed by atoms with van der Waals surface area (Å²) in [5, 5.41) is 5.12. The molecule has 2 aromatic carbocycles. The van der Waals surface area contributed by atoms with Crippen LogP contribution in [0.4, 0.5) is 5.69 Å². The van der Waals surface area contributed by atoms with E-state index < -0.39 is 0 Å². The van der Waals surface area contributed by atoms with Gasteiger partial charge in [-0.15, -0.1) is 11.3 Å². The van der Waals surface area contributed by atoms with E-state index in [1.54, 1.807) is 24.3 Å². The first kappa shape index (κ1) is 15.9. The highest BCUT2D eigenvalue weighted by molar-refractivity contribution is 7.21. The van der Waals surface area contributed by atoms with Crippen molar-refractivity contribution in [3.8, 4) is 0 Å². The number of fused-ring (bicyclic) bond motifs is 1. The lowest BCUT2D eigenvalue weighted by Gasteiger charge is -2.06. The van der Waals surface area contributed by atoms with E-state index >= 15 is 0 Å². The number of benzene rings is 2. The van der Waals surface area contributed by atoms with Gasteiger partial charge >= 0.3 is 0 Å². The number of hydrogen-bond donors (Lipinski definition) is 1. The molecule has 22 heavy (non-hydrogen) atoms. The third kappa shape index (κ3) is 2.92. The van der Waals surface area contributed by atoms with Crippen molar-refractivity contribution in [3.05, 3.63) is 61.4 Å². The molecule has 0 radical (unpaired) electrons. The Morgan fingerprint density at radius 2 is 1.77 bits per heavy atom. The zero-order valence-corrected chi connectivity index (χ0v) is 14.6. The first-order valence-corrected chi connectivity index (χ1v) is 8.43. The lowest BCUT2D eigenvalue weighted by Crippen LogP contribution is -2.10. The van der Waals surface area contributed by atoms with Gasteiger partial charge in [-0.25, -0.2) is 0 Å². The maximum Gasteiger partial charge on any atom is 0.267 e. The zero-order chi connectivity index (χ0) is 15.9. The SMILES string of the molecule is O=C(Nc1ccc(Cl)cc1Cl)c1sc2cccc(Cl)c2c1Cl. The number of amides is 1. The molecule has 0 saturated heterocycles. The summed E-state index contributed by atoms with van der Waals surface area (Å²) in [6.07, 6.45) is 0. The second kappa shape index (κ2) is 6.26. The van der Waals surface area contributed by atoms with Crippen LogP contribution in [0.5, 0.6) is 0 Å². The Morgan fingerprint density at radius 1 is 1.00 bits per heavy atom. The molecule has 0 fully saturated rings. The van der Waals surface area contributed by atoms with E-state index in [1.165, 1.54) is 11.3 Å². The molecule has 0 spiro atoms. The molecule has 0 aliphatic heterocycles. The van der Waals surface area contributed by atoms with E-state index in [0.717, 1.165) is 4.70 Å². The molecule has 112 valence electrons. The van der Waals surface area contributed by atoms with Crippen molar-refractivity contribution in [2.75, 3.05) is 5.32 Å². The fourth-order valence-corrected chi connectivity index (χ4v) is 4.29. The Kier molecular flexibility index (Phi) is 4.53. The number of hydrogen-bond acceptors (Lipinski definition) is 2. The Hall–Kier alpha value is -0.970. The summed E-state index contributed by atoms with van der Waals surface area (Å²) in [4.78, 5) is 12.8. The van der Waals surface area contributed by atoms with Gasteiger partial charge in [0.25, 0.3) is 5.91 Å². The maximum absolute atomic E-state index is 12.4. The molecule has 3 rings (SSSR count). The van der Waals surface area contributed by atoms with Gasteiger partial charge in [-0.3, -0.25) is 4.79 Å². The summed E-state index contributed by atoms with van der Waals surface area (Å²) in [7, 11) is 0. The van der Waals surface area contributed by atoms with Gasteiger partial charge < -0.3 is 5.32 Å². The monoisotopic (exact) mass is 389 g/mol. The highest BCUT2D eigenvalue weighted by atomic mass is 35.5. The van der Waals surface area contributed by atoms with E-state index in [1.807, 2.05) is 12.1 Å². The molecule has 0 aliphatic carbocycles. The van der Waals surface area contributed by atoms with Crippen LogP contribution in [-0.4, -0.2) is 5.91 Å². The summed E-state index contributed by atoms with van der Waals surface area (Å²) in [6.45, 7) is 0. The normalized spacial score (nSPS) is 10.9. The zero-order valence-electron chi connectivity index (χ0n) is 10.8. The van der Waals surface area contributed by atoms with Crippen molar-refractivity contribution in [2.24, 2.45) is 0 Å². The predicted octanol–water partition coefficient (Wildman–Crippen LogP) is 6.77. The van der Waals surface area contributed by atoms with Gasteiger partial charge in [0.05, 0.1) is 20.8 Å². The molecule has 1 heterocycles. The molecule has 1 aromatic heterocycles. The number of anilines is 1. The Bertz CT molecular complexity index is 891. The predicted molar refractivity (Wildman–Crippen MR) is 96.3 cm³/mol. The third-order valence-corrected chi connectivity index (χ3v) is 5.50. The minimum absolute atomic E-state index is 0.341. The van der Waals surface area contributed by atoms with Gasteiger partial charge in [0.15, 0.2) is 0 Å². The van der Waals surface area contributed by atoms with E-state index in [-0.39, 0.29) is 5.91 Å². The summed E-state index contributed by atoms with van der Waals surface area (Å²) < 4.78 is 0.852. The van der Waals surface area contributed by atoms with Gasteiger partial charge in [-0.05, 0) is 30.3 Å². The van der Waals surface area contributed by atoms with Crippen LogP contribution in [0.3, 0.4) is 0 Å². The molecule has 1 amide bonds. The number of carbonyl (C=O) groups is 1. The fraction of sp³-hybridized carbons (Fsp3) is 0. The molecule has 1 N–H and O–H groups in total. The van der Waals surface area contributed by atoms with Crippen LogP contribution < -0.4 is 5.32 Å². The lowest BCUT2D eigenvalue weighted by atomic mass is 10.2. The Morgan fingerprint density at radius 3 is 2.45 bits per heavy atom. The van der Waals surface area contributed by atoms with Crippen LogP contribution in [0, 0.1) is 0 Å². The first-order valence-electron chi connectivity index (χ1n) is 6.10. The van der Waals surface area contributed by atoms with Gasteiger partial charge in [0, 0.05) is 15.1 Å². The molecule has 0 saturated carbocycles. The number of carbonyl (C=O) groups excluding carboxylic acids is 1. The molecule has 0 aliphatic rings. The maximum atomic E-state index is 12.4. The quantitative estimate of drug-likeness (QED) is 0.514. The second-order valence-electron chi connectivity index (χ2n) is 4.44. The first-order chi connectivity index (χ1) is 10.5. The summed E-state index contributed by atoms with van der Waals surface area (Å²) >= 11 is 25.6. The van der Waals surface area contributed by atoms with Crippen LogP contribution in [0.25, 0.3) is 10.1 Å². The molecule has 0 unspecified atom stereocenters. The van der Waals surface area contributed by atoms with Crippen LogP contribution in [0.1, 0.15) is 9.67 Å². The molecule has 7 heteroatoms. The van der Waals surface area contributed by atoms with Gasteiger partial charge in [0.1, 0.15) is 4.88 Å². The van der Waals surface area contributed by atoms with Crippen molar-refractivity contribution >= 4 is 79.4 Å². The van der Waals surface area contributed by atoms with Crippen molar-refractivity contribution in [1.82, 2.24) is 0 Å². The Labute approximate surface area is 150 Å². The number of thiophene rings is 1. The molecule has 3 aromatic rings. The van der Waals surface area contributed by atoms with Crippen molar-refractivity contribution in [2.45, 2.75) is 0 Å². The lowest BCUT2D eigenvalue weighted by molar-refractivity contribution is 0.103. The minimum atomic E-state index is -0.341. The molecule has 0 bridgehead atoms. The largest absolute Gasteiger partial charge is 0.320 e. The van der Waals surface area contributed by atoms with Crippen LogP contribution in [0.2, 0.25) is 20.1 Å². The van der Waals surface area contributed by atoms with Gasteiger partial charge in [-0.2, -0.15) is 0 Å². The molecular weight excluding hydrogens is 384 g/mol. The van der Waals surface area contributed by atoms with Crippen molar-refractivity contribution in [3.63, 3.8) is 0 Å². The minimum Gasteiger partial charge on any atom is -0.320 e. The number of nitrogens with one attached hydrogen (secondary N) is 1. The smallest absolute Gasteiger partial charge is 0.267 e. The summed E-state index contributed by atoms with van der Waals surface area (Å²) in [5.41, 5.74) is 0.468. The van der Waals surface area contributed by atoms with Gasteiger partial charge in [-0.1, -0.05) is 52.5 Å². The third-order valence-electron chi connectivity index (χ3n) is 2.99. The fourth-order valence-electron chi connectivity index (χ4n) is 1.99. The number of halogens is 4. The number of rotatable bonds is 2. The van der Waals surface area contributed by atoms with Crippen LogP contribution in [-0.2, 0) is 0 Å². The summed E-state index contributed by atoms with van der Waals surface area (Å²) in [5.74, 6) is -0.341. The van der Waals surface area contributed by atoms with E-state index in [9.17, 15) is 4.79 Å². The molecule has 0 atom stereocenters. The van der Waals surface area contributed by atoms with Crippen molar-refractivity contribution < 1.29 is 4.79 Å². The average molecular weight is 391 g/mol. The van der Waals surface area contributed by atoms with Crippen molar-refractivity contribution in [1.29, 1.82) is 0 Å². The Balaban J connectivity index is 1.99. The van der Waals surface area contributed by atoms with E-state index in [2.05, 4.69) is 5.32 Å². The standard InChI is InChI=1S/C15H7Cl4NOS/c16-7-4-5-10(9(18)6-7)20-15(21)14-13(19)12-8(17)2-1-3-11(12)22-14/h1-6H,(H,20,21). The highest BCUT2D eigenvalue weighted by Crippen LogP contribution is 2.39. The highest BCUT2D eigenvalue weighted by Gasteiger charge is 2.19. The molecule has 2 nitrogen and oxygen atoms in total. The van der Waals surface area contributed by atoms with E-state index in [4.69, 9.17) is 46.4 Å².